The Labute approximate surface area is 164 Å². The molecule has 3 aliphatic rings. The Kier molecular flexibility index (Phi) is 4.06. The number of piperazine rings is 1. The van der Waals surface area contributed by atoms with Gasteiger partial charge in [0.2, 0.25) is 0 Å². The number of nitrogens with zero attached hydrogens (tertiary/aromatic N) is 4. The summed E-state index contributed by atoms with van der Waals surface area (Å²) in [5.74, 6) is -3.16. The van der Waals surface area contributed by atoms with Gasteiger partial charge in [-0.25, -0.2) is 9.69 Å². The summed E-state index contributed by atoms with van der Waals surface area (Å²) < 4.78 is 78.1. The van der Waals surface area contributed by atoms with Gasteiger partial charge in [0.25, 0.3) is 5.91 Å². The van der Waals surface area contributed by atoms with Gasteiger partial charge in [0.15, 0.2) is 0 Å². The first-order valence-corrected chi connectivity index (χ1v) is 8.51. The molecule has 3 saturated heterocycles. The largest absolute Gasteiger partial charge is 0.471 e. The van der Waals surface area contributed by atoms with E-state index in [2.05, 4.69) is 0 Å². The molecule has 158 valence electrons. The van der Waals surface area contributed by atoms with Crippen molar-refractivity contribution < 1.29 is 40.7 Å². The van der Waals surface area contributed by atoms with Crippen LogP contribution in [-0.4, -0.2) is 58.5 Å². The Morgan fingerprint density at radius 2 is 1.80 bits per heavy atom. The highest BCUT2D eigenvalue weighted by atomic mass is 19.4. The van der Waals surface area contributed by atoms with E-state index < -0.39 is 71.7 Å². The number of likely N-dealkylation sites (tertiary alicyclic amines) is 1. The fourth-order valence-corrected chi connectivity index (χ4v) is 4.29. The first kappa shape index (κ1) is 20.0. The predicted molar refractivity (Wildman–Crippen MR) is 84.6 cm³/mol. The maximum absolute atomic E-state index is 13.2. The molecule has 7 nitrogen and oxygen atoms in total. The number of halogens is 6. The fourth-order valence-electron chi connectivity index (χ4n) is 4.29. The van der Waals surface area contributed by atoms with E-state index in [-0.39, 0.29) is 6.42 Å². The number of rotatable bonds is 1. The molecule has 0 radical (unpaired) electrons. The number of urea groups is 1. The van der Waals surface area contributed by atoms with Crippen molar-refractivity contribution in [2.45, 2.75) is 36.9 Å². The number of hydrogen-bond acceptors (Lipinski definition) is 4. The zero-order valence-corrected chi connectivity index (χ0v) is 14.7. The lowest BCUT2D eigenvalue weighted by Gasteiger charge is -2.35. The molecule has 3 heterocycles. The second-order valence-electron chi connectivity index (χ2n) is 7.06. The number of alkyl halides is 6. The molecule has 2 bridgehead atoms. The average Bonchev–Trinajstić information content (AvgIpc) is 3.30. The lowest BCUT2D eigenvalue weighted by Crippen LogP contribution is -2.57. The van der Waals surface area contributed by atoms with Gasteiger partial charge in [-0.3, -0.25) is 9.59 Å². The predicted octanol–water partition coefficient (Wildman–Crippen LogP) is 2.26. The smallest absolute Gasteiger partial charge is 0.327 e. The van der Waals surface area contributed by atoms with Gasteiger partial charge < -0.3 is 9.80 Å². The van der Waals surface area contributed by atoms with Crippen molar-refractivity contribution in [2.75, 3.05) is 11.4 Å². The summed E-state index contributed by atoms with van der Waals surface area (Å²) in [6.07, 6.45) is -10.1. The summed E-state index contributed by atoms with van der Waals surface area (Å²) in [5, 5.41) is 8.86. The summed E-state index contributed by atoms with van der Waals surface area (Å²) in [5.41, 5.74) is -2.53. The third-order valence-corrected chi connectivity index (χ3v) is 5.46. The zero-order chi connectivity index (χ0) is 22.2. The Balaban J connectivity index is 1.69. The summed E-state index contributed by atoms with van der Waals surface area (Å²) >= 11 is 0. The van der Waals surface area contributed by atoms with Gasteiger partial charge in [-0.05, 0) is 24.6 Å². The van der Waals surface area contributed by atoms with Crippen LogP contribution in [-0.2, 0) is 15.8 Å². The molecule has 0 spiro atoms. The minimum absolute atomic E-state index is 0.0288. The van der Waals surface area contributed by atoms with E-state index in [0.717, 1.165) is 17.0 Å². The van der Waals surface area contributed by atoms with Crippen LogP contribution < -0.4 is 4.90 Å². The number of imide groups is 1. The van der Waals surface area contributed by atoms with Crippen LogP contribution in [0.5, 0.6) is 0 Å². The molecule has 30 heavy (non-hydrogen) atoms. The first-order chi connectivity index (χ1) is 13.9. The van der Waals surface area contributed by atoms with Crippen LogP contribution in [0.15, 0.2) is 18.2 Å². The van der Waals surface area contributed by atoms with E-state index in [1.165, 1.54) is 6.07 Å². The van der Waals surface area contributed by atoms with Gasteiger partial charge in [-0.15, -0.1) is 0 Å². The summed E-state index contributed by atoms with van der Waals surface area (Å²) in [7, 11) is 0. The second-order valence-corrected chi connectivity index (χ2v) is 7.06. The molecule has 0 aromatic heterocycles. The number of anilines is 1. The highest BCUT2D eigenvalue weighted by Crippen LogP contribution is 2.44. The Bertz CT molecular complexity index is 1010. The minimum atomic E-state index is -5.16. The van der Waals surface area contributed by atoms with E-state index in [1.807, 2.05) is 0 Å². The van der Waals surface area contributed by atoms with Crippen LogP contribution in [0.3, 0.4) is 0 Å². The highest BCUT2D eigenvalue weighted by Gasteiger charge is 2.64. The number of hydrogen-bond donors (Lipinski definition) is 0. The Morgan fingerprint density at radius 3 is 2.37 bits per heavy atom. The van der Waals surface area contributed by atoms with E-state index in [1.54, 1.807) is 0 Å². The van der Waals surface area contributed by atoms with Gasteiger partial charge >= 0.3 is 24.3 Å². The molecular formula is C17H10F6N4O3. The monoisotopic (exact) mass is 432 g/mol. The van der Waals surface area contributed by atoms with Crippen molar-refractivity contribution in [1.29, 1.82) is 5.26 Å². The SMILES string of the molecule is N#Cc1ccc(N2C(=O)[C@H]3C4CC(CN4C(=O)C(F)(F)F)N3C2=O)cc1C(F)(F)F. The van der Waals surface area contributed by atoms with Crippen LogP contribution >= 0.6 is 0 Å². The number of amides is 4. The zero-order valence-electron chi connectivity index (χ0n) is 14.7. The van der Waals surface area contributed by atoms with Gasteiger partial charge in [0.1, 0.15) is 6.04 Å². The van der Waals surface area contributed by atoms with Crippen molar-refractivity contribution in [2.24, 2.45) is 0 Å². The molecule has 0 aliphatic carbocycles. The standard InChI is InChI=1S/C17H10F6N4O3/c18-16(19,20)10-3-8(2-1-7(10)5-24)27-13(28)12-11-4-9(26(12)15(27)30)6-25(11)14(29)17(21,22)23/h1-3,9,11-12H,4,6H2/t9?,11?,12-/m1/s1. The Morgan fingerprint density at radius 1 is 1.13 bits per heavy atom. The van der Waals surface area contributed by atoms with Gasteiger partial charge in [0, 0.05) is 6.54 Å². The summed E-state index contributed by atoms with van der Waals surface area (Å²) in [6.45, 7) is -0.423. The van der Waals surface area contributed by atoms with E-state index >= 15 is 0 Å². The average molecular weight is 432 g/mol. The minimum Gasteiger partial charge on any atom is -0.327 e. The number of nitriles is 1. The van der Waals surface area contributed by atoms with Crippen molar-refractivity contribution in [1.82, 2.24) is 9.80 Å². The molecule has 3 aliphatic heterocycles. The molecule has 2 unspecified atom stereocenters. The molecule has 1 aromatic rings. The summed E-state index contributed by atoms with van der Waals surface area (Å²) in [6, 6.07) is -0.838. The number of benzene rings is 1. The molecule has 1 aromatic carbocycles. The highest BCUT2D eigenvalue weighted by molar-refractivity contribution is 6.22. The van der Waals surface area contributed by atoms with Crippen molar-refractivity contribution in [3.63, 3.8) is 0 Å². The number of fused-ring (bicyclic) bond motifs is 5. The van der Waals surface area contributed by atoms with Gasteiger partial charge in [-0.2, -0.15) is 31.6 Å². The number of carbonyl (C=O) groups excluding carboxylic acids is 3. The van der Waals surface area contributed by atoms with Crippen LogP contribution in [0, 0.1) is 11.3 Å². The molecule has 0 saturated carbocycles. The van der Waals surface area contributed by atoms with Crippen LogP contribution in [0.25, 0.3) is 0 Å². The van der Waals surface area contributed by atoms with E-state index in [9.17, 15) is 40.7 Å². The summed E-state index contributed by atoms with van der Waals surface area (Å²) in [4.78, 5) is 39.1. The molecule has 0 N–H and O–H groups in total. The third kappa shape index (κ3) is 2.70. The normalized spacial score (nSPS) is 25.8. The third-order valence-electron chi connectivity index (χ3n) is 5.46. The maximum atomic E-state index is 13.2. The number of carbonyl (C=O) groups is 3. The van der Waals surface area contributed by atoms with Gasteiger partial charge in [0.05, 0.1) is 35.0 Å². The molecule has 3 atom stereocenters. The maximum Gasteiger partial charge on any atom is 0.471 e. The molecule has 3 fully saturated rings. The van der Waals surface area contributed by atoms with Crippen molar-refractivity contribution in [3.8, 4) is 6.07 Å². The quantitative estimate of drug-likeness (QED) is 0.504. The van der Waals surface area contributed by atoms with Crippen LogP contribution in [0.1, 0.15) is 17.5 Å². The van der Waals surface area contributed by atoms with Crippen LogP contribution in [0.4, 0.5) is 36.8 Å². The lowest BCUT2D eigenvalue weighted by molar-refractivity contribution is -0.188. The van der Waals surface area contributed by atoms with Crippen LogP contribution in [0.2, 0.25) is 0 Å². The molecule has 4 amide bonds. The molecule has 4 rings (SSSR count). The fraction of sp³-hybridized carbons (Fsp3) is 0.412. The second kappa shape index (κ2) is 6.10. The Hall–Kier alpha value is -3.30. The van der Waals surface area contributed by atoms with Gasteiger partial charge in [-0.1, -0.05) is 0 Å². The first-order valence-electron chi connectivity index (χ1n) is 8.51. The van der Waals surface area contributed by atoms with Crippen molar-refractivity contribution in [3.05, 3.63) is 29.3 Å². The van der Waals surface area contributed by atoms with E-state index in [0.29, 0.717) is 15.9 Å². The lowest BCUT2D eigenvalue weighted by atomic mass is 10.1. The topological polar surface area (TPSA) is 84.7 Å². The molecular weight excluding hydrogens is 422 g/mol. The van der Waals surface area contributed by atoms with Crippen molar-refractivity contribution >= 4 is 23.5 Å². The van der Waals surface area contributed by atoms with E-state index in [4.69, 9.17) is 5.26 Å². The molecule has 13 heteroatoms.